The van der Waals surface area contributed by atoms with Crippen LogP contribution in [0.15, 0.2) is 0 Å². The number of ether oxygens (including phenoxy) is 1. The van der Waals surface area contributed by atoms with Crippen molar-refractivity contribution in [1.29, 1.82) is 0 Å². The molecule has 2 unspecified atom stereocenters. The van der Waals surface area contributed by atoms with Gasteiger partial charge in [-0.05, 0) is 32.2 Å². The second-order valence-corrected chi connectivity index (χ2v) is 3.73. The number of rotatable bonds is 3. The van der Waals surface area contributed by atoms with Crippen LogP contribution in [-0.2, 0) is 4.74 Å². The second-order valence-electron chi connectivity index (χ2n) is 3.73. The van der Waals surface area contributed by atoms with Gasteiger partial charge in [0.1, 0.15) is 0 Å². The van der Waals surface area contributed by atoms with Crippen molar-refractivity contribution in [3.8, 4) is 0 Å². The maximum Gasteiger partial charge on any atom is 0.414 e. The lowest BCUT2D eigenvalue weighted by atomic mass is 10.0. The van der Waals surface area contributed by atoms with Crippen LogP contribution in [0, 0.1) is 5.92 Å². The topological polar surface area (TPSA) is 21.3 Å². The third kappa shape index (κ3) is 3.84. The third-order valence-electron chi connectivity index (χ3n) is 2.44. The fourth-order valence-corrected chi connectivity index (χ4v) is 1.44. The van der Waals surface area contributed by atoms with E-state index in [0.29, 0.717) is 0 Å². The maximum absolute atomic E-state index is 12.1. The first-order valence-corrected chi connectivity index (χ1v) is 4.89. The van der Waals surface area contributed by atoms with Crippen molar-refractivity contribution in [2.75, 3.05) is 19.7 Å². The smallest absolute Gasteiger partial charge is 0.369 e. The molecule has 1 aliphatic rings. The lowest BCUT2D eigenvalue weighted by Crippen LogP contribution is -2.36. The number of hydrogen-bond acceptors (Lipinski definition) is 2. The average molecular weight is 211 g/mol. The molecule has 0 bridgehead atoms. The van der Waals surface area contributed by atoms with E-state index < -0.39 is 12.3 Å². The molecule has 0 aromatic rings. The van der Waals surface area contributed by atoms with Gasteiger partial charge in [0.25, 0.3) is 0 Å². The normalized spacial score (nSPS) is 26.1. The van der Waals surface area contributed by atoms with Crippen molar-refractivity contribution in [3.63, 3.8) is 0 Å². The van der Waals surface area contributed by atoms with Crippen LogP contribution in [0.5, 0.6) is 0 Å². The van der Waals surface area contributed by atoms with Crippen LogP contribution in [-0.4, -0.2) is 32.0 Å². The van der Waals surface area contributed by atoms with Crippen molar-refractivity contribution in [3.05, 3.63) is 0 Å². The Morgan fingerprint density at radius 2 is 2.21 bits per heavy atom. The summed E-state index contributed by atoms with van der Waals surface area (Å²) in [6, 6.07) is 0. The Labute approximate surface area is 81.8 Å². The minimum absolute atomic E-state index is 0.202. The summed E-state index contributed by atoms with van der Waals surface area (Å²) in [4.78, 5) is 0. The van der Waals surface area contributed by atoms with Crippen LogP contribution in [0.2, 0.25) is 0 Å². The molecule has 0 radical (unpaired) electrons. The molecule has 1 heterocycles. The largest absolute Gasteiger partial charge is 0.414 e. The van der Waals surface area contributed by atoms with Crippen molar-refractivity contribution in [2.24, 2.45) is 5.92 Å². The van der Waals surface area contributed by atoms with Crippen LogP contribution in [0.1, 0.15) is 19.8 Å². The number of hydrogen-bond donors (Lipinski definition) is 1. The van der Waals surface area contributed by atoms with Gasteiger partial charge in [-0.2, -0.15) is 13.2 Å². The molecule has 5 heteroatoms. The van der Waals surface area contributed by atoms with E-state index in [4.69, 9.17) is 4.74 Å². The molecule has 0 spiro atoms. The number of piperidine rings is 1. The summed E-state index contributed by atoms with van der Waals surface area (Å²) in [7, 11) is 0. The zero-order valence-electron chi connectivity index (χ0n) is 8.23. The monoisotopic (exact) mass is 211 g/mol. The van der Waals surface area contributed by atoms with Crippen molar-refractivity contribution >= 4 is 0 Å². The molecular formula is C9H16F3NO. The Hall–Kier alpha value is -0.290. The van der Waals surface area contributed by atoms with Crippen molar-refractivity contribution in [1.82, 2.24) is 5.32 Å². The summed E-state index contributed by atoms with van der Waals surface area (Å²) in [5, 5.41) is 3.14. The van der Waals surface area contributed by atoms with Crippen LogP contribution in [0.3, 0.4) is 0 Å². The summed E-state index contributed by atoms with van der Waals surface area (Å²) in [6.45, 7) is 2.99. The zero-order chi connectivity index (χ0) is 10.6. The fraction of sp³-hybridized carbons (Fsp3) is 1.00. The van der Waals surface area contributed by atoms with Gasteiger partial charge in [0.05, 0.1) is 6.61 Å². The highest BCUT2D eigenvalue weighted by molar-refractivity contribution is 4.70. The Balaban J connectivity index is 2.19. The van der Waals surface area contributed by atoms with Crippen LogP contribution < -0.4 is 5.32 Å². The van der Waals surface area contributed by atoms with E-state index in [2.05, 4.69) is 5.32 Å². The van der Waals surface area contributed by atoms with Gasteiger partial charge >= 0.3 is 6.18 Å². The Morgan fingerprint density at radius 3 is 2.71 bits per heavy atom. The summed E-state index contributed by atoms with van der Waals surface area (Å²) >= 11 is 0. The molecule has 0 amide bonds. The molecule has 1 fully saturated rings. The number of nitrogens with one attached hydrogen (secondary N) is 1. The van der Waals surface area contributed by atoms with E-state index in [0.717, 1.165) is 32.9 Å². The molecule has 1 rings (SSSR count). The van der Waals surface area contributed by atoms with Gasteiger partial charge in [-0.15, -0.1) is 0 Å². The number of alkyl halides is 3. The van der Waals surface area contributed by atoms with Gasteiger partial charge < -0.3 is 10.1 Å². The molecular weight excluding hydrogens is 195 g/mol. The molecule has 1 saturated heterocycles. The molecule has 1 N–H and O–H groups in total. The summed E-state index contributed by atoms with van der Waals surface area (Å²) in [5.41, 5.74) is 0. The third-order valence-corrected chi connectivity index (χ3v) is 2.44. The van der Waals surface area contributed by atoms with E-state index in [-0.39, 0.29) is 12.5 Å². The van der Waals surface area contributed by atoms with Gasteiger partial charge in [0, 0.05) is 6.54 Å². The standard InChI is InChI=1S/C9H16F3NO/c1-7(9(10,11)12)14-6-8-3-2-4-13-5-8/h7-8,13H,2-6H2,1H3. The maximum atomic E-state index is 12.1. The van der Waals surface area contributed by atoms with Gasteiger partial charge in [-0.25, -0.2) is 0 Å². The molecule has 0 aliphatic carbocycles. The minimum atomic E-state index is -4.23. The van der Waals surface area contributed by atoms with Gasteiger partial charge in [0.15, 0.2) is 6.10 Å². The molecule has 0 saturated carbocycles. The van der Waals surface area contributed by atoms with E-state index in [1.165, 1.54) is 0 Å². The zero-order valence-corrected chi connectivity index (χ0v) is 8.23. The molecule has 0 aromatic carbocycles. The SMILES string of the molecule is CC(OCC1CCCNC1)C(F)(F)F. The number of halogens is 3. The highest BCUT2D eigenvalue weighted by Gasteiger charge is 2.37. The molecule has 1 aliphatic heterocycles. The second kappa shape index (κ2) is 4.98. The molecule has 14 heavy (non-hydrogen) atoms. The summed E-state index contributed by atoms with van der Waals surface area (Å²) in [5.74, 6) is 0.230. The van der Waals surface area contributed by atoms with Gasteiger partial charge in [-0.3, -0.25) is 0 Å². The molecule has 84 valence electrons. The Morgan fingerprint density at radius 1 is 1.50 bits per heavy atom. The fourth-order valence-electron chi connectivity index (χ4n) is 1.44. The van der Waals surface area contributed by atoms with E-state index >= 15 is 0 Å². The quantitative estimate of drug-likeness (QED) is 0.770. The Kier molecular flexibility index (Phi) is 4.19. The summed E-state index contributed by atoms with van der Waals surface area (Å²) in [6.07, 6.45) is -3.90. The van der Waals surface area contributed by atoms with Crippen LogP contribution in [0.25, 0.3) is 0 Å². The molecule has 0 aromatic heterocycles. The predicted octanol–water partition coefficient (Wildman–Crippen LogP) is 1.95. The molecule has 2 atom stereocenters. The van der Waals surface area contributed by atoms with Crippen molar-refractivity contribution < 1.29 is 17.9 Å². The first kappa shape index (κ1) is 11.8. The Bertz CT molecular complexity index is 166. The van der Waals surface area contributed by atoms with Crippen molar-refractivity contribution in [2.45, 2.75) is 32.0 Å². The van der Waals surface area contributed by atoms with E-state index in [1.807, 2.05) is 0 Å². The van der Waals surface area contributed by atoms with E-state index in [1.54, 1.807) is 0 Å². The first-order chi connectivity index (χ1) is 6.50. The lowest BCUT2D eigenvalue weighted by Gasteiger charge is -2.25. The van der Waals surface area contributed by atoms with Crippen LogP contribution in [0.4, 0.5) is 13.2 Å². The lowest BCUT2D eigenvalue weighted by molar-refractivity contribution is -0.217. The highest BCUT2D eigenvalue weighted by atomic mass is 19.4. The highest BCUT2D eigenvalue weighted by Crippen LogP contribution is 2.23. The van der Waals surface area contributed by atoms with Crippen LogP contribution >= 0.6 is 0 Å². The average Bonchev–Trinajstić information content (AvgIpc) is 2.14. The van der Waals surface area contributed by atoms with Gasteiger partial charge in [-0.1, -0.05) is 0 Å². The summed E-state index contributed by atoms with van der Waals surface area (Å²) < 4.78 is 41.0. The van der Waals surface area contributed by atoms with E-state index in [9.17, 15) is 13.2 Å². The van der Waals surface area contributed by atoms with Gasteiger partial charge in [0.2, 0.25) is 0 Å². The first-order valence-electron chi connectivity index (χ1n) is 4.89. The molecule has 2 nitrogen and oxygen atoms in total. The predicted molar refractivity (Wildman–Crippen MR) is 47.1 cm³/mol. The minimum Gasteiger partial charge on any atom is -0.369 e.